The van der Waals surface area contributed by atoms with Crippen LogP contribution in [0.4, 0.5) is 5.69 Å². The number of benzene rings is 2. The van der Waals surface area contributed by atoms with E-state index in [1.54, 1.807) is 43.3 Å². The lowest BCUT2D eigenvalue weighted by Gasteiger charge is -2.33. The van der Waals surface area contributed by atoms with Crippen LogP contribution in [0.15, 0.2) is 59.5 Å². The average molecular weight is 458 g/mol. The fourth-order valence-electron chi connectivity index (χ4n) is 3.87. The second kappa shape index (κ2) is 10.2. The molecule has 0 unspecified atom stereocenters. The van der Waals surface area contributed by atoms with E-state index in [2.05, 4.69) is 5.32 Å². The van der Waals surface area contributed by atoms with Gasteiger partial charge >= 0.3 is 0 Å². The van der Waals surface area contributed by atoms with E-state index in [-0.39, 0.29) is 28.7 Å². The number of sulfonamides is 1. The molecular formula is C24H31N3O4S. The van der Waals surface area contributed by atoms with Gasteiger partial charge in [0.05, 0.1) is 10.6 Å². The first kappa shape index (κ1) is 23.8. The Hall–Kier alpha value is -2.87. The Labute approximate surface area is 190 Å². The topological polar surface area (TPSA) is 86.8 Å². The van der Waals surface area contributed by atoms with Crippen LogP contribution < -0.4 is 9.62 Å². The number of carbonyl (C=O) groups excluding carboxylic acids is 2. The highest BCUT2D eigenvalue weighted by Gasteiger charge is 2.26. The summed E-state index contributed by atoms with van der Waals surface area (Å²) in [7, 11) is -3.73. The molecule has 172 valence electrons. The van der Waals surface area contributed by atoms with E-state index in [1.807, 2.05) is 24.8 Å². The van der Waals surface area contributed by atoms with E-state index in [0.29, 0.717) is 43.7 Å². The molecule has 1 heterocycles. The van der Waals surface area contributed by atoms with Crippen molar-refractivity contribution in [2.75, 3.05) is 23.9 Å². The highest BCUT2D eigenvalue weighted by Crippen LogP contribution is 2.23. The molecule has 0 aliphatic carbocycles. The van der Waals surface area contributed by atoms with Crippen LogP contribution in [-0.4, -0.2) is 50.8 Å². The SMILES string of the molecule is CCN(c1ccccc1)S(=O)(=O)c1ccc(C(=O)NC2CCN(C(=O)C(C)C)CC2)cc1. The summed E-state index contributed by atoms with van der Waals surface area (Å²) in [6, 6.07) is 15.0. The molecule has 32 heavy (non-hydrogen) atoms. The van der Waals surface area contributed by atoms with Crippen molar-refractivity contribution >= 4 is 27.5 Å². The van der Waals surface area contributed by atoms with E-state index < -0.39 is 10.0 Å². The Balaban J connectivity index is 1.64. The summed E-state index contributed by atoms with van der Waals surface area (Å²) < 4.78 is 27.5. The Morgan fingerprint density at radius 2 is 1.62 bits per heavy atom. The van der Waals surface area contributed by atoms with E-state index >= 15 is 0 Å². The molecule has 7 nitrogen and oxygen atoms in total. The van der Waals surface area contributed by atoms with Gasteiger partial charge < -0.3 is 10.2 Å². The van der Waals surface area contributed by atoms with Crippen molar-refractivity contribution in [3.05, 3.63) is 60.2 Å². The number of para-hydroxylation sites is 1. The third-order valence-corrected chi connectivity index (χ3v) is 7.59. The summed E-state index contributed by atoms with van der Waals surface area (Å²) in [5, 5.41) is 3.01. The molecule has 2 amide bonds. The summed E-state index contributed by atoms with van der Waals surface area (Å²) in [4.78, 5) is 26.8. The minimum Gasteiger partial charge on any atom is -0.349 e. The molecule has 1 aliphatic rings. The summed E-state index contributed by atoms with van der Waals surface area (Å²) in [6.45, 7) is 7.12. The number of hydrogen-bond donors (Lipinski definition) is 1. The van der Waals surface area contributed by atoms with Crippen LogP contribution in [0, 0.1) is 5.92 Å². The quantitative estimate of drug-likeness (QED) is 0.691. The van der Waals surface area contributed by atoms with Gasteiger partial charge in [0, 0.05) is 37.2 Å². The van der Waals surface area contributed by atoms with Crippen molar-refractivity contribution in [1.29, 1.82) is 0 Å². The molecular weight excluding hydrogens is 426 g/mol. The molecule has 0 aromatic heterocycles. The zero-order valence-electron chi connectivity index (χ0n) is 18.8. The first-order valence-corrected chi connectivity index (χ1v) is 12.5. The van der Waals surface area contributed by atoms with Gasteiger partial charge in [0.15, 0.2) is 0 Å². The van der Waals surface area contributed by atoms with Crippen LogP contribution in [0.2, 0.25) is 0 Å². The average Bonchev–Trinajstić information content (AvgIpc) is 2.80. The van der Waals surface area contributed by atoms with Gasteiger partial charge in [0.1, 0.15) is 0 Å². The summed E-state index contributed by atoms with van der Waals surface area (Å²) in [6.07, 6.45) is 1.42. The highest BCUT2D eigenvalue weighted by molar-refractivity contribution is 7.92. The van der Waals surface area contributed by atoms with Gasteiger partial charge in [-0.1, -0.05) is 32.0 Å². The lowest BCUT2D eigenvalue weighted by Crippen LogP contribution is -2.47. The fraction of sp³-hybridized carbons (Fsp3) is 0.417. The van der Waals surface area contributed by atoms with Gasteiger partial charge in [-0.3, -0.25) is 13.9 Å². The summed E-state index contributed by atoms with van der Waals surface area (Å²) in [5.41, 5.74) is 1.01. The molecule has 0 atom stereocenters. The Morgan fingerprint density at radius 3 is 2.16 bits per heavy atom. The first-order valence-electron chi connectivity index (χ1n) is 11.0. The number of likely N-dealkylation sites (tertiary alicyclic amines) is 1. The monoisotopic (exact) mass is 457 g/mol. The largest absolute Gasteiger partial charge is 0.349 e. The Bertz CT molecular complexity index is 1030. The van der Waals surface area contributed by atoms with Gasteiger partial charge in [0.25, 0.3) is 15.9 Å². The normalized spacial score (nSPS) is 14.9. The molecule has 1 aliphatic heterocycles. The summed E-state index contributed by atoms with van der Waals surface area (Å²) in [5.74, 6) is -0.123. The third-order valence-electron chi connectivity index (χ3n) is 5.67. The molecule has 0 saturated carbocycles. The maximum absolute atomic E-state index is 13.1. The summed E-state index contributed by atoms with van der Waals surface area (Å²) >= 11 is 0. The van der Waals surface area contributed by atoms with E-state index in [0.717, 1.165) is 0 Å². The van der Waals surface area contributed by atoms with Gasteiger partial charge in [-0.15, -0.1) is 0 Å². The zero-order valence-corrected chi connectivity index (χ0v) is 19.6. The number of nitrogens with zero attached hydrogens (tertiary/aromatic N) is 2. The smallest absolute Gasteiger partial charge is 0.264 e. The molecule has 3 rings (SSSR count). The molecule has 1 fully saturated rings. The Kier molecular flexibility index (Phi) is 7.56. The van der Waals surface area contributed by atoms with Crippen LogP contribution in [0.5, 0.6) is 0 Å². The molecule has 2 aromatic carbocycles. The number of amides is 2. The van der Waals surface area contributed by atoms with Crippen LogP contribution in [0.1, 0.15) is 44.0 Å². The zero-order chi connectivity index (χ0) is 23.3. The van der Waals surface area contributed by atoms with Crippen LogP contribution in [0.3, 0.4) is 0 Å². The number of hydrogen-bond acceptors (Lipinski definition) is 4. The Morgan fingerprint density at radius 1 is 1.03 bits per heavy atom. The van der Waals surface area contributed by atoms with Gasteiger partial charge in [0.2, 0.25) is 5.91 Å². The lowest BCUT2D eigenvalue weighted by atomic mass is 10.0. The minimum atomic E-state index is -3.73. The third kappa shape index (κ3) is 5.30. The first-order chi connectivity index (χ1) is 15.2. The standard InChI is InChI=1S/C24H31N3O4S/c1-4-27(21-8-6-5-7-9-21)32(30,31)22-12-10-19(11-13-22)23(28)25-20-14-16-26(17-15-20)24(29)18(2)3/h5-13,18,20H,4,14-17H2,1-3H3,(H,25,28). The van der Waals surface area contributed by atoms with Gasteiger partial charge in [-0.25, -0.2) is 8.42 Å². The number of nitrogens with one attached hydrogen (secondary N) is 1. The van der Waals surface area contributed by atoms with E-state index in [1.165, 1.54) is 16.4 Å². The predicted molar refractivity (Wildman–Crippen MR) is 125 cm³/mol. The predicted octanol–water partition coefficient (Wildman–Crippen LogP) is 3.28. The number of piperidine rings is 1. The minimum absolute atomic E-state index is 0.00390. The molecule has 2 aromatic rings. The molecule has 0 radical (unpaired) electrons. The number of anilines is 1. The van der Waals surface area contributed by atoms with Crippen molar-refractivity contribution in [3.8, 4) is 0 Å². The van der Waals surface area contributed by atoms with Crippen LogP contribution in [0.25, 0.3) is 0 Å². The fourth-order valence-corrected chi connectivity index (χ4v) is 5.34. The van der Waals surface area contributed by atoms with Crippen molar-refractivity contribution < 1.29 is 18.0 Å². The molecule has 1 saturated heterocycles. The van der Waals surface area contributed by atoms with Crippen molar-refractivity contribution in [2.24, 2.45) is 5.92 Å². The van der Waals surface area contributed by atoms with E-state index in [4.69, 9.17) is 0 Å². The van der Waals surface area contributed by atoms with Crippen molar-refractivity contribution in [3.63, 3.8) is 0 Å². The van der Waals surface area contributed by atoms with Crippen molar-refractivity contribution in [1.82, 2.24) is 10.2 Å². The van der Waals surface area contributed by atoms with E-state index in [9.17, 15) is 18.0 Å². The van der Waals surface area contributed by atoms with Crippen LogP contribution >= 0.6 is 0 Å². The maximum Gasteiger partial charge on any atom is 0.264 e. The molecule has 0 spiro atoms. The maximum atomic E-state index is 13.1. The molecule has 8 heteroatoms. The van der Waals surface area contributed by atoms with Crippen molar-refractivity contribution in [2.45, 2.75) is 44.6 Å². The van der Waals surface area contributed by atoms with Gasteiger partial charge in [-0.05, 0) is 56.2 Å². The molecule has 0 bridgehead atoms. The van der Waals surface area contributed by atoms with Gasteiger partial charge in [-0.2, -0.15) is 0 Å². The second-order valence-corrected chi connectivity index (χ2v) is 10.1. The highest BCUT2D eigenvalue weighted by atomic mass is 32.2. The lowest BCUT2D eigenvalue weighted by molar-refractivity contribution is -0.135. The second-order valence-electron chi connectivity index (χ2n) is 8.26. The number of rotatable bonds is 7. The number of carbonyl (C=O) groups is 2. The van der Waals surface area contributed by atoms with Crippen LogP contribution in [-0.2, 0) is 14.8 Å². The molecule has 1 N–H and O–H groups in total.